The second kappa shape index (κ2) is 7.64. The standard InChI is InChI=1S/C17H23NO2S/c1-13(2)15-9-6-10-18(15)17(20)12-21-11-16(19)14-7-4-3-5-8-14/h3-5,7-8,13,15H,6,9-12H2,1-2H3/t15-/m0/s1. The van der Waals surface area contributed by atoms with Gasteiger partial charge in [-0.1, -0.05) is 44.2 Å². The minimum Gasteiger partial charge on any atom is -0.339 e. The van der Waals surface area contributed by atoms with Crippen molar-refractivity contribution < 1.29 is 9.59 Å². The molecule has 0 bridgehead atoms. The zero-order valence-electron chi connectivity index (χ0n) is 12.7. The maximum absolute atomic E-state index is 12.3. The molecule has 1 aliphatic heterocycles. The van der Waals surface area contributed by atoms with E-state index in [9.17, 15) is 9.59 Å². The summed E-state index contributed by atoms with van der Waals surface area (Å²) in [4.78, 5) is 26.3. The molecule has 1 aromatic carbocycles. The number of carbonyl (C=O) groups excluding carboxylic acids is 2. The van der Waals surface area contributed by atoms with Gasteiger partial charge in [0.05, 0.1) is 11.5 Å². The molecule has 0 aliphatic carbocycles. The molecule has 1 fully saturated rings. The van der Waals surface area contributed by atoms with Gasteiger partial charge < -0.3 is 4.90 Å². The summed E-state index contributed by atoms with van der Waals surface area (Å²) in [6, 6.07) is 9.64. The number of hydrogen-bond acceptors (Lipinski definition) is 3. The molecule has 114 valence electrons. The van der Waals surface area contributed by atoms with E-state index in [0.29, 0.717) is 23.5 Å². The molecule has 4 heteroatoms. The zero-order chi connectivity index (χ0) is 15.2. The fourth-order valence-electron chi connectivity index (χ4n) is 2.82. The van der Waals surface area contributed by atoms with Crippen LogP contribution in [0, 0.1) is 5.92 Å². The Bertz CT molecular complexity index is 487. The fraction of sp³-hybridized carbons (Fsp3) is 0.529. The summed E-state index contributed by atoms with van der Waals surface area (Å²) in [5.74, 6) is 1.55. The monoisotopic (exact) mass is 305 g/mol. The highest BCUT2D eigenvalue weighted by Gasteiger charge is 2.30. The van der Waals surface area contributed by atoms with E-state index in [0.717, 1.165) is 24.9 Å². The van der Waals surface area contributed by atoms with Crippen LogP contribution in [0.3, 0.4) is 0 Å². The van der Waals surface area contributed by atoms with Crippen LogP contribution in [0.4, 0.5) is 0 Å². The Morgan fingerprint density at radius 2 is 1.95 bits per heavy atom. The molecule has 0 unspecified atom stereocenters. The second-order valence-corrected chi connectivity index (χ2v) is 6.81. The van der Waals surface area contributed by atoms with Crippen molar-refractivity contribution >= 4 is 23.5 Å². The van der Waals surface area contributed by atoms with Crippen molar-refractivity contribution in [2.24, 2.45) is 5.92 Å². The molecule has 1 heterocycles. The molecule has 1 aromatic rings. The lowest BCUT2D eigenvalue weighted by molar-refractivity contribution is -0.129. The number of amides is 1. The lowest BCUT2D eigenvalue weighted by atomic mass is 10.0. The number of carbonyl (C=O) groups is 2. The highest BCUT2D eigenvalue weighted by atomic mass is 32.2. The number of nitrogens with zero attached hydrogens (tertiary/aromatic N) is 1. The highest BCUT2D eigenvalue weighted by molar-refractivity contribution is 8.00. The predicted octanol–water partition coefficient (Wildman–Crippen LogP) is 3.25. The van der Waals surface area contributed by atoms with Gasteiger partial charge in [0.25, 0.3) is 0 Å². The molecule has 1 atom stereocenters. The van der Waals surface area contributed by atoms with Gasteiger partial charge in [-0.25, -0.2) is 0 Å². The van der Waals surface area contributed by atoms with Crippen molar-refractivity contribution in [2.75, 3.05) is 18.1 Å². The van der Waals surface area contributed by atoms with Gasteiger partial charge in [0.15, 0.2) is 5.78 Å². The predicted molar refractivity (Wildman–Crippen MR) is 87.7 cm³/mol. The minimum atomic E-state index is 0.0928. The minimum absolute atomic E-state index is 0.0928. The number of ketones is 1. The van der Waals surface area contributed by atoms with Crippen molar-refractivity contribution in [1.82, 2.24) is 4.90 Å². The Balaban J connectivity index is 1.78. The average molecular weight is 305 g/mol. The molecule has 0 radical (unpaired) electrons. The smallest absolute Gasteiger partial charge is 0.232 e. The number of likely N-dealkylation sites (tertiary alicyclic amines) is 1. The fourth-order valence-corrected chi connectivity index (χ4v) is 3.61. The van der Waals surface area contributed by atoms with Gasteiger partial charge >= 0.3 is 0 Å². The van der Waals surface area contributed by atoms with Crippen molar-refractivity contribution in [3.8, 4) is 0 Å². The summed E-state index contributed by atoms with van der Waals surface area (Å²) >= 11 is 1.42. The van der Waals surface area contributed by atoms with Crippen LogP contribution in [-0.2, 0) is 4.79 Å². The molecule has 0 spiro atoms. The summed E-state index contributed by atoms with van der Waals surface area (Å²) in [5, 5.41) is 0. The number of thioether (sulfide) groups is 1. The lowest BCUT2D eigenvalue weighted by Crippen LogP contribution is -2.39. The summed E-state index contributed by atoms with van der Waals surface area (Å²) in [6.07, 6.45) is 2.21. The molecule has 0 aromatic heterocycles. The summed E-state index contributed by atoms with van der Waals surface area (Å²) in [6.45, 7) is 5.21. The molecule has 2 rings (SSSR count). The van der Waals surface area contributed by atoms with E-state index in [1.54, 1.807) is 0 Å². The zero-order valence-corrected chi connectivity index (χ0v) is 13.6. The van der Waals surface area contributed by atoms with Crippen LogP contribution in [0.5, 0.6) is 0 Å². The third kappa shape index (κ3) is 4.34. The first-order chi connectivity index (χ1) is 10.1. The van der Waals surface area contributed by atoms with Gasteiger partial charge in [-0.05, 0) is 18.8 Å². The van der Waals surface area contributed by atoms with E-state index in [1.807, 2.05) is 35.2 Å². The van der Waals surface area contributed by atoms with E-state index >= 15 is 0 Å². The molecule has 3 nitrogen and oxygen atoms in total. The Morgan fingerprint density at radius 3 is 2.62 bits per heavy atom. The molecule has 1 saturated heterocycles. The largest absolute Gasteiger partial charge is 0.339 e. The average Bonchev–Trinajstić information content (AvgIpc) is 2.97. The number of rotatable bonds is 6. The van der Waals surface area contributed by atoms with E-state index < -0.39 is 0 Å². The molecule has 0 saturated carbocycles. The number of hydrogen-bond donors (Lipinski definition) is 0. The van der Waals surface area contributed by atoms with Crippen LogP contribution < -0.4 is 0 Å². The third-order valence-electron chi connectivity index (χ3n) is 3.94. The highest BCUT2D eigenvalue weighted by Crippen LogP contribution is 2.24. The van der Waals surface area contributed by atoms with Crippen LogP contribution in [0.15, 0.2) is 30.3 Å². The van der Waals surface area contributed by atoms with Crippen LogP contribution >= 0.6 is 11.8 Å². The summed E-state index contributed by atoms with van der Waals surface area (Å²) < 4.78 is 0. The van der Waals surface area contributed by atoms with E-state index in [4.69, 9.17) is 0 Å². The Hall–Kier alpha value is -1.29. The van der Waals surface area contributed by atoms with Gasteiger partial charge in [0.2, 0.25) is 5.91 Å². The van der Waals surface area contributed by atoms with Gasteiger partial charge in [-0.2, -0.15) is 0 Å². The SMILES string of the molecule is CC(C)[C@@H]1CCCN1C(=O)CSCC(=O)c1ccccc1. The topological polar surface area (TPSA) is 37.4 Å². The van der Waals surface area contributed by atoms with E-state index in [1.165, 1.54) is 11.8 Å². The van der Waals surface area contributed by atoms with Crippen molar-refractivity contribution in [3.63, 3.8) is 0 Å². The number of Topliss-reactive ketones (excluding diaryl/α,β-unsaturated/α-hetero) is 1. The van der Waals surface area contributed by atoms with Crippen LogP contribution in [0.1, 0.15) is 37.0 Å². The Labute approximate surface area is 131 Å². The third-order valence-corrected chi connectivity index (χ3v) is 4.86. The molecule has 1 amide bonds. The first kappa shape index (κ1) is 16.1. The molecular weight excluding hydrogens is 282 g/mol. The Kier molecular flexibility index (Phi) is 5.85. The Morgan fingerprint density at radius 1 is 1.24 bits per heavy atom. The normalized spacial score (nSPS) is 18.2. The second-order valence-electron chi connectivity index (χ2n) is 5.82. The van der Waals surface area contributed by atoms with Gasteiger partial charge in [-0.3, -0.25) is 9.59 Å². The first-order valence-electron chi connectivity index (χ1n) is 7.55. The van der Waals surface area contributed by atoms with Gasteiger partial charge in [-0.15, -0.1) is 11.8 Å². The van der Waals surface area contributed by atoms with Gasteiger partial charge in [0, 0.05) is 18.2 Å². The van der Waals surface area contributed by atoms with Crippen molar-refractivity contribution in [3.05, 3.63) is 35.9 Å². The first-order valence-corrected chi connectivity index (χ1v) is 8.70. The van der Waals surface area contributed by atoms with Crippen molar-refractivity contribution in [1.29, 1.82) is 0 Å². The summed E-state index contributed by atoms with van der Waals surface area (Å²) in [7, 11) is 0. The summed E-state index contributed by atoms with van der Waals surface area (Å²) in [5.41, 5.74) is 0.721. The van der Waals surface area contributed by atoms with Gasteiger partial charge in [0.1, 0.15) is 0 Å². The maximum Gasteiger partial charge on any atom is 0.232 e. The van der Waals surface area contributed by atoms with Crippen LogP contribution in [-0.4, -0.2) is 40.7 Å². The molecule has 0 N–H and O–H groups in total. The van der Waals surface area contributed by atoms with Crippen LogP contribution in [0.25, 0.3) is 0 Å². The molecular formula is C17H23NO2S. The number of benzene rings is 1. The molecule has 1 aliphatic rings. The molecule has 21 heavy (non-hydrogen) atoms. The van der Waals surface area contributed by atoms with Crippen molar-refractivity contribution in [2.45, 2.75) is 32.7 Å². The van der Waals surface area contributed by atoms with E-state index in [2.05, 4.69) is 13.8 Å². The van der Waals surface area contributed by atoms with E-state index in [-0.39, 0.29) is 11.7 Å². The van der Waals surface area contributed by atoms with Crippen LogP contribution in [0.2, 0.25) is 0 Å². The lowest BCUT2D eigenvalue weighted by Gasteiger charge is -2.27. The maximum atomic E-state index is 12.3. The quantitative estimate of drug-likeness (QED) is 0.757.